The topological polar surface area (TPSA) is 0 Å². The van der Waals surface area contributed by atoms with Crippen LogP contribution in [0.1, 0.15) is 0 Å². The predicted molar refractivity (Wildman–Crippen MR) is 34.9 cm³/mol. The van der Waals surface area contributed by atoms with Gasteiger partial charge in [-0.3, -0.25) is 14.1 Å². The Bertz CT molecular complexity index is 60.7. The van der Waals surface area contributed by atoms with Gasteiger partial charge in [0.15, 0.2) is 0 Å². The first-order chi connectivity index (χ1) is 3.15. The van der Waals surface area contributed by atoms with E-state index in [-0.39, 0.29) is 14.1 Å². The van der Waals surface area contributed by atoms with E-state index in [9.17, 15) is 8.78 Å². The molecule has 0 bridgehead atoms. The van der Waals surface area contributed by atoms with E-state index in [1.165, 1.54) is 5.54 Å². The minimum absolute atomic E-state index is 0. The minimum Gasteiger partial charge on any atom is -0.269 e. The number of hydrogen-bond donors (Lipinski definition) is 0. The van der Waals surface area contributed by atoms with Gasteiger partial charge in [0.1, 0.15) is 0 Å². The fourth-order valence-corrected chi connectivity index (χ4v) is 0. The second-order valence-electron chi connectivity index (χ2n) is 0.493. The van der Waals surface area contributed by atoms with E-state index in [0.29, 0.717) is 0 Å². The van der Waals surface area contributed by atoms with Crippen molar-refractivity contribution in [3.05, 3.63) is 24.8 Å². The van der Waals surface area contributed by atoms with Crippen molar-refractivity contribution in [1.82, 2.24) is 0 Å². The fraction of sp³-hybridized carbons (Fsp3) is 0. The van der Waals surface area contributed by atoms with Crippen LogP contribution in [-0.4, -0.2) is 0 Å². The summed E-state index contributed by atoms with van der Waals surface area (Å²) in [7, 11) is 0. The van der Waals surface area contributed by atoms with Gasteiger partial charge in [-0.15, -0.1) is 0 Å². The molecule has 0 heterocycles. The zero-order valence-electron chi connectivity index (χ0n) is 4.85. The van der Waals surface area contributed by atoms with Gasteiger partial charge < -0.3 is 0 Å². The van der Waals surface area contributed by atoms with Crippen molar-refractivity contribution < 1.29 is 22.9 Å². The molecule has 0 saturated heterocycles. The quantitative estimate of drug-likeness (QED) is 0.510. The predicted octanol–water partition coefficient (Wildman–Crippen LogP) is 3.22. The van der Waals surface area contributed by atoms with Crippen molar-refractivity contribution in [1.29, 1.82) is 0 Å². The maximum absolute atomic E-state index is 10.1. The average Bonchev–Trinajstić information content (AvgIpc) is 1.33. The summed E-state index contributed by atoms with van der Waals surface area (Å²) >= 11 is 4.76. The fourth-order valence-electron chi connectivity index (χ4n) is 0. The van der Waals surface area contributed by atoms with Crippen molar-refractivity contribution in [2.45, 2.75) is 0 Å². The number of rotatable bonds is 0. The second-order valence-corrected chi connectivity index (χ2v) is 0.802. The molecule has 0 amide bonds. The van der Waals surface area contributed by atoms with E-state index in [1.807, 2.05) is 0 Å². The first kappa shape index (κ1) is 34.2. The third kappa shape index (κ3) is 909. The Kier molecular flexibility index (Phi) is 135. The van der Waals surface area contributed by atoms with E-state index in [0.717, 1.165) is 0 Å². The van der Waals surface area contributed by atoms with E-state index in [4.69, 9.17) is 11.6 Å². The third-order valence-electron chi connectivity index (χ3n) is 0. The molecule has 0 aliphatic rings. The normalized spacial score (nSPS) is 3.90. The Morgan fingerprint density at radius 1 is 1.20 bits per heavy atom. The molecule has 66 valence electrons. The Hall–Kier alpha value is -0.580. The highest BCUT2D eigenvalue weighted by Gasteiger charge is 1.65. The Morgan fingerprint density at radius 3 is 1.20 bits per heavy atom. The highest BCUT2D eigenvalue weighted by atomic mass is 35.5. The summed E-state index contributed by atoms with van der Waals surface area (Å²) in [5.41, 5.74) is 1.22. The van der Waals surface area contributed by atoms with Crippen LogP contribution >= 0.6 is 11.6 Å². The molecular formula is C4H8ClF5. The maximum Gasteiger partial charge on any atom is 0.263 e. The first-order valence-electron chi connectivity index (χ1n) is 1.36. The summed E-state index contributed by atoms with van der Waals surface area (Å²) in [4.78, 5) is 0. The largest absolute Gasteiger partial charge is 0.269 e. The standard InChI is InChI=1S/C2H3Cl.C2H2F2.3FH/c1-2-3;1-2(3)4;;;/h2H,1H2;1H2;3*1H. The van der Waals surface area contributed by atoms with Crippen LogP contribution < -0.4 is 0 Å². The van der Waals surface area contributed by atoms with Gasteiger partial charge in [0.2, 0.25) is 0 Å². The highest BCUT2D eigenvalue weighted by molar-refractivity contribution is 6.25. The van der Waals surface area contributed by atoms with Crippen LogP contribution in [0.15, 0.2) is 24.8 Å². The molecule has 0 fully saturated rings. The molecule has 0 spiro atoms. The molecule has 10 heavy (non-hydrogen) atoms. The van der Waals surface area contributed by atoms with Gasteiger partial charge in [0.25, 0.3) is 6.08 Å². The van der Waals surface area contributed by atoms with Crippen LogP contribution in [0.3, 0.4) is 0 Å². The van der Waals surface area contributed by atoms with Gasteiger partial charge in [-0.05, 0) is 12.1 Å². The van der Waals surface area contributed by atoms with E-state index >= 15 is 0 Å². The molecule has 0 aliphatic heterocycles. The van der Waals surface area contributed by atoms with Gasteiger partial charge >= 0.3 is 0 Å². The first-order valence-corrected chi connectivity index (χ1v) is 1.79. The molecular weight excluding hydrogens is 178 g/mol. The van der Waals surface area contributed by atoms with Crippen molar-refractivity contribution in [3.63, 3.8) is 0 Å². The van der Waals surface area contributed by atoms with E-state index < -0.39 is 6.08 Å². The molecule has 0 nitrogen and oxygen atoms in total. The van der Waals surface area contributed by atoms with Crippen LogP contribution in [0.4, 0.5) is 22.9 Å². The van der Waals surface area contributed by atoms with Crippen LogP contribution in [0, 0.1) is 0 Å². The summed E-state index contributed by atoms with van der Waals surface area (Å²) < 4.78 is 20.3. The molecule has 0 saturated carbocycles. The van der Waals surface area contributed by atoms with Crippen molar-refractivity contribution in [2.75, 3.05) is 0 Å². The monoisotopic (exact) mass is 186 g/mol. The SMILES string of the molecule is C=C(F)F.C=CCl.F.F.F. The third-order valence-corrected chi connectivity index (χ3v) is 0. The highest BCUT2D eigenvalue weighted by Crippen LogP contribution is 1.85. The van der Waals surface area contributed by atoms with Crippen molar-refractivity contribution in [2.24, 2.45) is 0 Å². The molecule has 0 N–H and O–H groups in total. The van der Waals surface area contributed by atoms with Crippen LogP contribution in [0.2, 0.25) is 0 Å². The van der Waals surface area contributed by atoms with Gasteiger partial charge in [-0.25, -0.2) is 0 Å². The molecule has 0 rings (SSSR count). The summed E-state index contributed by atoms with van der Waals surface area (Å²) in [6.45, 7) is 5.35. The lowest BCUT2D eigenvalue weighted by Gasteiger charge is -1.54. The van der Waals surface area contributed by atoms with Crippen LogP contribution in [-0.2, 0) is 0 Å². The molecule has 0 aliphatic carbocycles. The number of halogens is 6. The summed E-state index contributed by atoms with van der Waals surface area (Å²) in [6.07, 6.45) is -1.83. The Balaban J connectivity index is -0.0000000131. The van der Waals surface area contributed by atoms with Crippen molar-refractivity contribution in [3.8, 4) is 0 Å². The zero-order valence-corrected chi connectivity index (χ0v) is 5.61. The second kappa shape index (κ2) is 39.6. The molecule has 0 aromatic heterocycles. The Morgan fingerprint density at radius 2 is 1.20 bits per heavy atom. The molecule has 6 heteroatoms. The maximum atomic E-state index is 10.1. The van der Waals surface area contributed by atoms with Gasteiger partial charge in [-0.1, -0.05) is 18.2 Å². The van der Waals surface area contributed by atoms with Crippen LogP contribution in [0.25, 0.3) is 0 Å². The van der Waals surface area contributed by atoms with Gasteiger partial charge in [0, 0.05) is 0 Å². The lowest BCUT2D eigenvalue weighted by Crippen LogP contribution is -1.33. The molecule has 0 aromatic carbocycles. The van der Waals surface area contributed by atoms with Gasteiger partial charge in [-0.2, -0.15) is 8.78 Å². The van der Waals surface area contributed by atoms with Crippen LogP contribution in [0.5, 0.6) is 0 Å². The zero-order chi connectivity index (χ0) is 6.28. The molecule has 0 unspecified atom stereocenters. The van der Waals surface area contributed by atoms with E-state index in [1.54, 1.807) is 0 Å². The van der Waals surface area contributed by atoms with E-state index in [2.05, 4.69) is 13.2 Å². The van der Waals surface area contributed by atoms with Crippen molar-refractivity contribution >= 4 is 11.6 Å². The number of hydrogen-bond acceptors (Lipinski definition) is 0. The lowest BCUT2D eigenvalue weighted by molar-refractivity contribution is 0.426. The molecule has 0 radical (unpaired) electrons. The summed E-state index contributed by atoms with van der Waals surface area (Å²) in [6, 6.07) is 0. The summed E-state index contributed by atoms with van der Waals surface area (Å²) in [5, 5.41) is 0. The smallest absolute Gasteiger partial charge is 0.263 e. The minimum atomic E-state index is -1.83. The lowest BCUT2D eigenvalue weighted by atomic mass is 11.2. The summed E-state index contributed by atoms with van der Waals surface area (Å²) in [5.74, 6) is 0. The molecule has 0 aromatic rings. The molecule has 0 atom stereocenters. The average molecular weight is 187 g/mol. The van der Waals surface area contributed by atoms with Gasteiger partial charge in [0.05, 0.1) is 0 Å². The Labute approximate surface area is 60.3 Å².